The molecule has 9 heteroatoms. The van der Waals surface area contributed by atoms with Gasteiger partial charge in [0, 0.05) is 50.6 Å². The number of nitrogens with one attached hydrogen (secondary N) is 1. The van der Waals surface area contributed by atoms with Gasteiger partial charge in [0.15, 0.2) is 0 Å². The summed E-state index contributed by atoms with van der Waals surface area (Å²) in [6.07, 6.45) is 6.96. The molecule has 8 nitrogen and oxygen atoms in total. The van der Waals surface area contributed by atoms with Crippen LogP contribution >= 0.6 is 0 Å². The number of halogens is 1. The molecule has 0 unspecified atom stereocenters. The molecule has 1 aliphatic rings. The van der Waals surface area contributed by atoms with E-state index < -0.39 is 12.3 Å². The average Bonchev–Trinajstić information content (AvgIpc) is 3.61. The first-order chi connectivity index (χ1) is 18.5. The van der Waals surface area contributed by atoms with Crippen molar-refractivity contribution in [3.63, 3.8) is 0 Å². The topological polar surface area (TPSA) is 84.8 Å². The van der Waals surface area contributed by atoms with Gasteiger partial charge in [0.2, 0.25) is 0 Å². The molecular formula is C27H26FN7O. The lowest BCUT2D eigenvalue weighted by Crippen LogP contribution is -2.34. The highest BCUT2D eigenvalue weighted by Gasteiger charge is 2.25. The van der Waals surface area contributed by atoms with Crippen LogP contribution in [0.5, 0.6) is 5.75 Å². The molecule has 1 fully saturated rings. The van der Waals surface area contributed by atoms with Gasteiger partial charge in [-0.05, 0) is 61.9 Å². The quantitative estimate of drug-likeness (QED) is 0.374. The largest absolute Gasteiger partial charge is 0.496 e. The van der Waals surface area contributed by atoms with Crippen LogP contribution in [-0.2, 0) is 6.50 Å². The number of aromatic amines is 1. The van der Waals surface area contributed by atoms with Crippen LogP contribution in [0.2, 0.25) is 0 Å². The van der Waals surface area contributed by atoms with Crippen LogP contribution in [0.15, 0.2) is 67.1 Å². The Hall–Kier alpha value is -4.11. The van der Waals surface area contributed by atoms with Gasteiger partial charge in [-0.15, -0.1) is 5.10 Å². The Morgan fingerprint density at radius 2 is 2.08 bits per heavy atom. The number of rotatable bonds is 6. The molecule has 1 N–H and O–H groups in total. The highest BCUT2D eigenvalue weighted by Crippen LogP contribution is 2.31. The molecule has 0 spiro atoms. The number of H-pyrrole nitrogens is 1. The van der Waals surface area contributed by atoms with Gasteiger partial charge in [0.05, 0.1) is 30.2 Å². The van der Waals surface area contributed by atoms with Crippen LogP contribution in [0.1, 0.15) is 32.8 Å². The fourth-order valence-corrected chi connectivity index (χ4v) is 4.73. The van der Waals surface area contributed by atoms with Crippen LogP contribution in [0.3, 0.4) is 0 Å². The summed E-state index contributed by atoms with van der Waals surface area (Å²) in [5.74, 6) is -0.470. The van der Waals surface area contributed by atoms with Crippen molar-refractivity contribution in [2.24, 2.45) is 0 Å². The Labute approximate surface area is 210 Å². The lowest BCUT2D eigenvalue weighted by atomic mass is 9.95. The Bertz CT molecular complexity index is 1590. The molecule has 1 atom stereocenters. The molecule has 6 rings (SSSR count). The third-order valence-electron chi connectivity index (χ3n) is 6.58. The fourth-order valence-electron chi connectivity index (χ4n) is 4.73. The van der Waals surface area contributed by atoms with Gasteiger partial charge in [0.25, 0.3) is 0 Å². The van der Waals surface area contributed by atoms with E-state index >= 15 is 0 Å². The molecule has 1 aliphatic heterocycles. The molecule has 5 aromatic rings. The molecule has 0 radical (unpaired) electrons. The summed E-state index contributed by atoms with van der Waals surface area (Å²) in [6.45, 7) is -1.15. The number of methoxy groups -OCH3 is 1. The zero-order chi connectivity index (χ0) is 26.3. The summed E-state index contributed by atoms with van der Waals surface area (Å²) in [4.78, 5) is 5.75. The minimum Gasteiger partial charge on any atom is -0.496 e. The first-order valence-electron chi connectivity index (χ1n) is 12.8. The summed E-state index contributed by atoms with van der Waals surface area (Å²) in [5.41, 5.74) is 4.24. The van der Waals surface area contributed by atoms with Gasteiger partial charge in [0.1, 0.15) is 17.3 Å². The van der Waals surface area contributed by atoms with Crippen LogP contribution in [0, 0.1) is 5.82 Å². The summed E-state index contributed by atoms with van der Waals surface area (Å²) in [5, 5.41) is 17.3. The molecule has 1 saturated heterocycles. The van der Waals surface area contributed by atoms with Crippen molar-refractivity contribution in [2.75, 3.05) is 20.2 Å². The highest BCUT2D eigenvalue weighted by molar-refractivity contribution is 5.94. The molecule has 0 amide bonds. The number of likely N-dealkylation sites (tertiary alicyclic amines) is 1. The predicted molar refractivity (Wildman–Crippen MR) is 134 cm³/mol. The highest BCUT2D eigenvalue weighted by atomic mass is 19.1. The van der Waals surface area contributed by atoms with Crippen LogP contribution < -0.4 is 4.74 Å². The number of ether oxygens (including phenoxy) is 1. The normalized spacial score (nSPS) is 17.7. The van der Waals surface area contributed by atoms with E-state index in [1.165, 1.54) is 19.2 Å². The van der Waals surface area contributed by atoms with Gasteiger partial charge in [-0.2, -0.15) is 5.10 Å². The third kappa shape index (κ3) is 4.22. The molecule has 0 saturated carbocycles. The minimum atomic E-state index is -2.04. The van der Waals surface area contributed by atoms with Crippen molar-refractivity contribution < 1.29 is 11.9 Å². The number of fused-ring (bicyclic) bond motifs is 1. The van der Waals surface area contributed by atoms with E-state index in [-0.39, 0.29) is 17.2 Å². The van der Waals surface area contributed by atoms with Gasteiger partial charge < -0.3 is 4.74 Å². The smallest absolute Gasteiger partial charge is 0.131 e. The Morgan fingerprint density at radius 1 is 1.19 bits per heavy atom. The first kappa shape index (κ1) is 20.1. The molecule has 2 aromatic carbocycles. The van der Waals surface area contributed by atoms with Gasteiger partial charge in [-0.3, -0.25) is 15.0 Å². The standard InChI is InChI=1S/C27H26FN7O/c1-36-26-6-2-5-23(28)22(26)16-34-13-3-4-19(15-34)25-17-35(33-31-25)20-7-8-24-21(14-20)27(32-30-24)18-9-11-29-12-10-18/h2,5-12,14,17,19H,3-4,13,15-16H2,1H3,(H,30,32)/t19-/m1/s1/i16D2. The third-order valence-corrected chi connectivity index (χ3v) is 6.58. The molecule has 0 aliphatic carbocycles. The Kier molecular flexibility index (Phi) is 5.31. The maximum absolute atomic E-state index is 14.7. The lowest BCUT2D eigenvalue weighted by molar-refractivity contribution is 0.194. The van der Waals surface area contributed by atoms with E-state index in [0.29, 0.717) is 13.1 Å². The number of piperidine rings is 1. The monoisotopic (exact) mass is 485 g/mol. The second-order valence-electron chi connectivity index (χ2n) is 8.84. The first-order valence-corrected chi connectivity index (χ1v) is 11.8. The number of hydrogen-bond donors (Lipinski definition) is 1. The van der Waals surface area contributed by atoms with Crippen molar-refractivity contribution >= 4 is 10.9 Å². The number of benzene rings is 2. The van der Waals surface area contributed by atoms with Gasteiger partial charge in [-0.25, -0.2) is 9.07 Å². The van der Waals surface area contributed by atoms with Crippen molar-refractivity contribution in [2.45, 2.75) is 25.3 Å². The molecule has 36 heavy (non-hydrogen) atoms. The Balaban J connectivity index is 1.27. The van der Waals surface area contributed by atoms with Crippen molar-refractivity contribution in [1.29, 1.82) is 0 Å². The number of hydrogen-bond acceptors (Lipinski definition) is 6. The lowest BCUT2D eigenvalue weighted by Gasteiger charge is -2.32. The van der Waals surface area contributed by atoms with E-state index in [1.54, 1.807) is 28.0 Å². The second kappa shape index (κ2) is 9.50. The summed E-state index contributed by atoms with van der Waals surface area (Å²) < 4.78 is 39.4. The van der Waals surface area contributed by atoms with E-state index in [2.05, 4.69) is 25.5 Å². The molecule has 4 heterocycles. The maximum atomic E-state index is 14.7. The fraction of sp³-hybridized carbons (Fsp3) is 0.259. The van der Waals surface area contributed by atoms with E-state index in [4.69, 9.17) is 7.48 Å². The van der Waals surface area contributed by atoms with Crippen LogP contribution in [-0.4, -0.2) is 55.3 Å². The van der Waals surface area contributed by atoms with Crippen molar-refractivity contribution in [3.8, 4) is 22.7 Å². The molecule has 0 bridgehead atoms. The number of pyridine rings is 1. The SMILES string of the molecule is [2H]C([2H])(c1c(F)cccc1OC)N1CCC[C@@H](c2cn(-c3ccc4[nH]nc(-c5ccncc5)c4c3)nn2)C1. The summed E-state index contributed by atoms with van der Waals surface area (Å²) in [6, 6.07) is 14.1. The molecule has 3 aromatic heterocycles. The van der Waals surface area contributed by atoms with Crippen molar-refractivity contribution in [1.82, 2.24) is 35.1 Å². The van der Waals surface area contributed by atoms with E-state index in [9.17, 15) is 4.39 Å². The van der Waals surface area contributed by atoms with Gasteiger partial charge >= 0.3 is 0 Å². The predicted octanol–water partition coefficient (Wildman–Crippen LogP) is 4.73. The molecular weight excluding hydrogens is 457 g/mol. The van der Waals surface area contributed by atoms with Crippen LogP contribution in [0.25, 0.3) is 27.8 Å². The van der Waals surface area contributed by atoms with E-state index in [0.717, 1.165) is 46.4 Å². The van der Waals surface area contributed by atoms with Crippen molar-refractivity contribution in [3.05, 3.63) is 84.2 Å². The number of aromatic nitrogens is 6. The Morgan fingerprint density at radius 3 is 2.94 bits per heavy atom. The zero-order valence-electron chi connectivity index (χ0n) is 21.7. The van der Waals surface area contributed by atoms with E-state index in [1.807, 2.05) is 36.5 Å². The van der Waals surface area contributed by atoms with Gasteiger partial charge in [-0.1, -0.05) is 11.3 Å². The average molecular weight is 486 g/mol. The number of nitrogens with zero attached hydrogens (tertiary/aromatic N) is 6. The minimum absolute atomic E-state index is 0.0459. The zero-order valence-corrected chi connectivity index (χ0v) is 19.7. The summed E-state index contributed by atoms with van der Waals surface area (Å²) >= 11 is 0. The maximum Gasteiger partial charge on any atom is 0.131 e. The summed E-state index contributed by atoms with van der Waals surface area (Å²) in [7, 11) is 1.42. The second-order valence-corrected chi connectivity index (χ2v) is 8.84. The molecule has 182 valence electrons. The van der Waals surface area contributed by atoms with Crippen LogP contribution in [0.4, 0.5) is 4.39 Å².